The van der Waals surface area contributed by atoms with Gasteiger partial charge in [-0.25, -0.2) is 4.39 Å². The molecule has 0 saturated heterocycles. The minimum atomic E-state index is -1.19. The lowest BCUT2D eigenvalue weighted by Crippen LogP contribution is -2.49. The Morgan fingerprint density at radius 2 is 1.71 bits per heavy atom. The van der Waals surface area contributed by atoms with Gasteiger partial charge >= 0.3 is 0 Å². The van der Waals surface area contributed by atoms with E-state index in [1.807, 2.05) is 20.8 Å². The van der Waals surface area contributed by atoms with Crippen molar-refractivity contribution in [2.75, 3.05) is 20.0 Å². The summed E-state index contributed by atoms with van der Waals surface area (Å²) in [7, 11) is 2.94. The zero-order chi connectivity index (χ0) is 28.2. The van der Waals surface area contributed by atoms with Crippen LogP contribution < -0.4 is 26.3 Å². The molecule has 0 unspecified atom stereocenters. The number of primary amides is 1. The fourth-order valence-electron chi connectivity index (χ4n) is 3.76. The first-order valence-corrected chi connectivity index (χ1v) is 12.3. The number of nitrogens with two attached hydrogens (primary N) is 2. The van der Waals surface area contributed by atoms with Crippen molar-refractivity contribution in [3.8, 4) is 11.5 Å². The molecule has 10 nitrogen and oxygen atoms in total. The van der Waals surface area contributed by atoms with E-state index in [0.29, 0.717) is 34.2 Å². The smallest absolute Gasteiger partial charge is 0.270 e. The lowest BCUT2D eigenvalue weighted by Gasteiger charge is -2.34. The maximum atomic E-state index is 14.0. The zero-order valence-electron chi connectivity index (χ0n) is 21.7. The standard InChI is InChI=1S/C26H30FN5O5S/c1-26(2,3)30-24(34)21(15-8-11-17(36-4)18(12-15)37-5)32(13-14-6-9-16(27)10-7-14)25(35)22-19(28)20(23(29)33)31-38-22/h6-12,21H,13,28H2,1-5H3,(H2,29,33)(H,30,34)/t21-/m0/s1. The van der Waals surface area contributed by atoms with Crippen LogP contribution in [0.3, 0.4) is 0 Å². The van der Waals surface area contributed by atoms with Gasteiger partial charge in [0, 0.05) is 12.1 Å². The Bertz CT molecular complexity index is 1340. The molecule has 3 aromatic rings. The summed E-state index contributed by atoms with van der Waals surface area (Å²) in [6, 6.07) is 9.20. The van der Waals surface area contributed by atoms with Crippen LogP contribution >= 0.6 is 11.5 Å². The van der Waals surface area contributed by atoms with Crippen LogP contribution in [0.15, 0.2) is 42.5 Å². The van der Waals surface area contributed by atoms with Crippen molar-refractivity contribution in [1.82, 2.24) is 14.6 Å². The molecule has 1 heterocycles. The van der Waals surface area contributed by atoms with Gasteiger partial charge in [0.1, 0.15) is 16.7 Å². The van der Waals surface area contributed by atoms with E-state index >= 15 is 0 Å². The van der Waals surface area contributed by atoms with E-state index < -0.39 is 35.1 Å². The summed E-state index contributed by atoms with van der Waals surface area (Å²) in [5, 5.41) is 2.92. The first kappa shape index (κ1) is 28.4. The number of nitrogens with zero attached hydrogens (tertiary/aromatic N) is 2. The van der Waals surface area contributed by atoms with Gasteiger partial charge < -0.3 is 31.2 Å². The number of amides is 3. The van der Waals surface area contributed by atoms with Crippen LogP contribution in [-0.2, 0) is 11.3 Å². The van der Waals surface area contributed by atoms with Gasteiger partial charge in [0.15, 0.2) is 17.2 Å². The molecule has 202 valence electrons. The Morgan fingerprint density at radius 3 is 2.24 bits per heavy atom. The van der Waals surface area contributed by atoms with E-state index in [9.17, 15) is 18.8 Å². The highest BCUT2D eigenvalue weighted by molar-refractivity contribution is 7.09. The predicted octanol–water partition coefficient (Wildman–Crippen LogP) is 3.28. The van der Waals surface area contributed by atoms with E-state index in [1.54, 1.807) is 18.2 Å². The number of hydrogen-bond donors (Lipinski definition) is 3. The number of anilines is 1. The summed E-state index contributed by atoms with van der Waals surface area (Å²) < 4.78 is 28.3. The lowest BCUT2D eigenvalue weighted by atomic mass is 9.99. The number of nitrogens with one attached hydrogen (secondary N) is 1. The molecule has 0 aliphatic carbocycles. The molecular weight excluding hydrogens is 513 g/mol. The zero-order valence-corrected chi connectivity index (χ0v) is 22.5. The highest BCUT2D eigenvalue weighted by atomic mass is 32.1. The van der Waals surface area contributed by atoms with Crippen molar-refractivity contribution in [2.45, 2.75) is 38.9 Å². The van der Waals surface area contributed by atoms with Crippen molar-refractivity contribution in [1.29, 1.82) is 0 Å². The SMILES string of the molecule is COc1ccc([C@@H](C(=O)NC(C)(C)C)N(Cc2ccc(F)cc2)C(=O)c2snc(C(N)=O)c2N)cc1OC. The summed E-state index contributed by atoms with van der Waals surface area (Å²) in [4.78, 5) is 40.7. The van der Waals surface area contributed by atoms with Gasteiger partial charge in [-0.1, -0.05) is 18.2 Å². The Balaban J connectivity index is 2.22. The summed E-state index contributed by atoms with van der Waals surface area (Å²) >= 11 is 0.702. The molecule has 1 atom stereocenters. The molecule has 0 fully saturated rings. The number of ether oxygens (including phenoxy) is 2. The largest absolute Gasteiger partial charge is 0.493 e. The van der Waals surface area contributed by atoms with Gasteiger partial charge in [-0.3, -0.25) is 14.4 Å². The van der Waals surface area contributed by atoms with Gasteiger partial charge in [0.05, 0.1) is 19.9 Å². The minimum absolute atomic E-state index is 0.0602. The highest BCUT2D eigenvalue weighted by Crippen LogP contribution is 2.35. The molecule has 3 amide bonds. The normalized spacial score (nSPS) is 11.9. The van der Waals surface area contributed by atoms with Gasteiger partial charge in [-0.05, 0) is 67.7 Å². The quantitative estimate of drug-likeness (QED) is 0.375. The number of carbonyl (C=O) groups is 3. The number of hydrogen-bond acceptors (Lipinski definition) is 8. The molecular formula is C26H30FN5O5S. The minimum Gasteiger partial charge on any atom is -0.493 e. The molecule has 0 bridgehead atoms. The molecule has 0 radical (unpaired) electrons. The van der Waals surface area contributed by atoms with Crippen LogP contribution in [0.2, 0.25) is 0 Å². The summed E-state index contributed by atoms with van der Waals surface area (Å²) in [5.41, 5.74) is 11.3. The van der Waals surface area contributed by atoms with Crippen LogP contribution in [0, 0.1) is 5.82 Å². The second-order valence-corrected chi connectivity index (χ2v) is 10.2. The maximum absolute atomic E-state index is 14.0. The number of nitrogen functional groups attached to an aromatic ring is 1. The van der Waals surface area contributed by atoms with Crippen LogP contribution in [0.1, 0.15) is 58.1 Å². The summed E-state index contributed by atoms with van der Waals surface area (Å²) in [6.07, 6.45) is 0. The third-order valence-corrected chi connectivity index (χ3v) is 6.32. The van der Waals surface area contributed by atoms with Crippen molar-refractivity contribution >= 4 is 34.9 Å². The Labute approximate surface area is 223 Å². The van der Waals surface area contributed by atoms with Crippen molar-refractivity contribution in [3.63, 3.8) is 0 Å². The number of methoxy groups -OCH3 is 2. The highest BCUT2D eigenvalue weighted by Gasteiger charge is 2.36. The topological polar surface area (TPSA) is 150 Å². The molecule has 0 saturated carbocycles. The lowest BCUT2D eigenvalue weighted by molar-refractivity contribution is -0.127. The van der Waals surface area contributed by atoms with E-state index in [-0.39, 0.29) is 22.8 Å². The van der Waals surface area contributed by atoms with Gasteiger partial charge in [-0.2, -0.15) is 4.37 Å². The predicted molar refractivity (Wildman–Crippen MR) is 142 cm³/mol. The number of halogens is 1. The van der Waals surface area contributed by atoms with Crippen LogP contribution in [-0.4, -0.2) is 46.8 Å². The monoisotopic (exact) mass is 543 g/mol. The third-order valence-electron chi connectivity index (χ3n) is 5.46. The van der Waals surface area contributed by atoms with Gasteiger partial charge in [0.2, 0.25) is 5.91 Å². The Hall–Kier alpha value is -4.19. The number of benzene rings is 2. The average Bonchev–Trinajstić information content (AvgIpc) is 3.24. The van der Waals surface area contributed by atoms with Gasteiger partial charge in [-0.15, -0.1) is 0 Å². The van der Waals surface area contributed by atoms with Crippen LogP contribution in [0.25, 0.3) is 0 Å². The molecule has 0 aliphatic rings. The summed E-state index contributed by atoms with van der Waals surface area (Å²) in [5.74, 6) is -1.71. The summed E-state index contributed by atoms with van der Waals surface area (Å²) in [6.45, 7) is 5.33. The fraction of sp³-hybridized carbons (Fsp3) is 0.308. The average molecular weight is 544 g/mol. The van der Waals surface area contributed by atoms with Crippen LogP contribution in [0.5, 0.6) is 11.5 Å². The van der Waals surface area contributed by atoms with Crippen molar-refractivity contribution < 1.29 is 28.2 Å². The van der Waals surface area contributed by atoms with E-state index in [4.69, 9.17) is 20.9 Å². The number of aromatic nitrogens is 1. The van der Waals surface area contributed by atoms with E-state index in [1.165, 1.54) is 43.4 Å². The molecule has 5 N–H and O–H groups in total. The van der Waals surface area contributed by atoms with E-state index in [2.05, 4.69) is 9.69 Å². The fourth-order valence-corrected chi connectivity index (χ4v) is 4.52. The first-order chi connectivity index (χ1) is 17.9. The number of carbonyl (C=O) groups excluding carboxylic acids is 3. The Morgan fingerprint density at radius 1 is 1.08 bits per heavy atom. The molecule has 0 aliphatic heterocycles. The van der Waals surface area contributed by atoms with Crippen LogP contribution in [0.4, 0.5) is 10.1 Å². The Kier molecular flexibility index (Phi) is 8.56. The van der Waals surface area contributed by atoms with E-state index in [0.717, 1.165) is 0 Å². The molecule has 1 aromatic heterocycles. The second-order valence-electron chi connectivity index (χ2n) is 9.45. The first-order valence-electron chi connectivity index (χ1n) is 11.5. The maximum Gasteiger partial charge on any atom is 0.270 e. The molecule has 38 heavy (non-hydrogen) atoms. The molecule has 3 rings (SSSR count). The third kappa shape index (κ3) is 6.38. The van der Waals surface area contributed by atoms with Gasteiger partial charge in [0.25, 0.3) is 11.8 Å². The molecule has 0 spiro atoms. The molecule has 2 aromatic carbocycles. The molecule has 12 heteroatoms. The number of rotatable bonds is 9. The second kappa shape index (κ2) is 11.5. The van der Waals surface area contributed by atoms with Crippen molar-refractivity contribution in [3.05, 3.63) is 70.0 Å². The van der Waals surface area contributed by atoms with Crippen molar-refractivity contribution in [2.24, 2.45) is 5.73 Å².